The molecule has 2 rings (SSSR count). The Hall–Kier alpha value is -3.11. The van der Waals surface area contributed by atoms with E-state index < -0.39 is 22.3 Å². The molecule has 11 nitrogen and oxygen atoms in total. The molecule has 1 aromatic heterocycles. The van der Waals surface area contributed by atoms with Gasteiger partial charge in [-0.2, -0.15) is 0 Å². The molecule has 1 aliphatic heterocycles. The zero-order chi connectivity index (χ0) is 23.4. The maximum Gasteiger partial charge on any atom is 0.509 e. The molecule has 1 aliphatic rings. The number of ether oxygens (including phenoxy) is 3. The number of anilines is 1. The van der Waals surface area contributed by atoms with Gasteiger partial charge in [0.25, 0.3) is 0 Å². The summed E-state index contributed by atoms with van der Waals surface area (Å²) in [5, 5.41) is 11.1. The molecule has 0 radical (unpaired) electrons. The van der Waals surface area contributed by atoms with Gasteiger partial charge in [0, 0.05) is 32.2 Å². The number of amides is 1. The monoisotopic (exact) mass is 438 g/mol. The molecular weight excluding hydrogens is 408 g/mol. The molecule has 0 saturated carbocycles. The lowest BCUT2D eigenvalue weighted by atomic mass is 10.2. The largest absolute Gasteiger partial charge is 0.509 e. The molecule has 1 fully saturated rings. The molecule has 0 aliphatic carbocycles. The zero-order valence-corrected chi connectivity index (χ0v) is 18.8. The number of piperazine rings is 1. The van der Waals surface area contributed by atoms with Gasteiger partial charge in [-0.1, -0.05) is 0 Å². The van der Waals surface area contributed by atoms with Crippen molar-refractivity contribution in [2.75, 3.05) is 31.1 Å². The first-order valence-corrected chi connectivity index (χ1v) is 9.98. The van der Waals surface area contributed by atoms with Crippen molar-refractivity contribution in [3.8, 4) is 0 Å². The molecule has 172 valence electrons. The molecule has 31 heavy (non-hydrogen) atoms. The van der Waals surface area contributed by atoms with Gasteiger partial charge >= 0.3 is 18.1 Å². The molecule has 1 amide bonds. The van der Waals surface area contributed by atoms with Crippen molar-refractivity contribution in [2.24, 2.45) is 0 Å². The van der Waals surface area contributed by atoms with Crippen molar-refractivity contribution in [3.63, 3.8) is 0 Å². The van der Waals surface area contributed by atoms with E-state index in [1.807, 2.05) is 4.90 Å². The Morgan fingerprint density at radius 3 is 2.13 bits per heavy atom. The normalized spacial score (nSPS) is 14.8. The molecule has 2 heterocycles. The summed E-state index contributed by atoms with van der Waals surface area (Å²) in [6.07, 6.45) is -1.27. The van der Waals surface area contributed by atoms with Crippen molar-refractivity contribution < 1.29 is 28.7 Å². The Morgan fingerprint density at radius 1 is 1.03 bits per heavy atom. The number of carbonyl (C=O) groups is 2. The third-order valence-corrected chi connectivity index (χ3v) is 4.11. The molecule has 0 N–H and O–H groups in total. The highest BCUT2D eigenvalue weighted by Crippen LogP contribution is 2.25. The average Bonchev–Trinajstić information content (AvgIpc) is 2.63. The summed E-state index contributed by atoms with van der Waals surface area (Å²) in [6.45, 7) is 12.0. The first-order valence-electron chi connectivity index (χ1n) is 9.98. The number of aromatic nitrogens is 1. The number of rotatable bonds is 4. The summed E-state index contributed by atoms with van der Waals surface area (Å²) >= 11 is 0. The highest BCUT2D eigenvalue weighted by Gasteiger charge is 2.29. The predicted molar refractivity (Wildman–Crippen MR) is 112 cm³/mol. The van der Waals surface area contributed by atoms with Crippen LogP contribution in [0.5, 0.6) is 0 Å². The van der Waals surface area contributed by atoms with Crippen molar-refractivity contribution in [2.45, 2.75) is 59.4 Å². The number of pyridine rings is 1. The van der Waals surface area contributed by atoms with Crippen LogP contribution in [-0.4, -0.2) is 64.4 Å². The molecule has 1 aromatic rings. The number of nitro groups is 1. The van der Waals surface area contributed by atoms with E-state index >= 15 is 0 Å². The molecule has 0 atom stereocenters. The Kier molecular flexibility index (Phi) is 7.29. The van der Waals surface area contributed by atoms with Crippen molar-refractivity contribution in [1.29, 1.82) is 0 Å². The fourth-order valence-corrected chi connectivity index (χ4v) is 2.84. The van der Waals surface area contributed by atoms with Crippen molar-refractivity contribution >= 4 is 23.8 Å². The maximum absolute atomic E-state index is 12.3. The van der Waals surface area contributed by atoms with Crippen LogP contribution in [0.15, 0.2) is 12.1 Å². The van der Waals surface area contributed by atoms with Gasteiger partial charge in [0.05, 0.1) is 5.69 Å². The minimum absolute atomic E-state index is 0.241. The van der Waals surface area contributed by atoms with E-state index in [0.717, 1.165) is 0 Å². The van der Waals surface area contributed by atoms with E-state index in [4.69, 9.17) is 14.2 Å². The molecule has 0 spiro atoms. The fraction of sp³-hybridized carbons (Fsp3) is 0.650. The second-order valence-corrected chi connectivity index (χ2v) is 9.10. The second-order valence-electron chi connectivity index (χ2n) is 9.10. The quantitative estimate of drug-likeness (QED) is 0.394. The third kappa shape index (κ3) is 7.58. The first-order chi connectivity index (χ1) is 14.2. The number of nitrogens with zero attached hydrogens (tertiary/aromatic N) is 4. The maximum atomic E-state index is 12.3. The minimum Gasteiger partial charge on any atom is -0.444 e. The van der Waals surface area contributed by atoms with Crippen LogP contribution in [0.3, 0.4) is 0 Å². The standard InChI is InChI=1S/C20H30N4O7/c1-19(2,3)30-17(25)23-11-9-22(10-12-23)15-7-8-16(24(27)28)21-14(15)13-29-18(26)31-20(4,5)6/h7-8H,9-13H2,1-6H3. The van der Waals surface area contributed by atoms with Crippen LogP contribution in [0.25, 0.3) is 0 Å². The molecule has 11 heteroatoms. The van der Waals surface area contributed by atoms with Gasteiger partial charge in [0.15, 0.2) is 6.61 Å². The van der Waals surface area contributed by atoms with Crippen molar-refractivity contribution in [1.82, 2.24) is 9.88 Å². The summed E-state index contributed by atoms with van der Waals surface area (Å²) in [6, 6.07) is 2.87. The SMILES string of the molecule is CC(C)(C)OC(=O)OCc1nc([N+](=O)[O-])ccc1N1CCN(C(=O)OC(C)(C)C)CC1. The van der Waals surface area contributed by atoms with Crippen LogP contribution in [-0.2, 0) is 20.8 Å². The van der Waals surface area contributed by atoms with Gasteiger partial charge in [0.2, 0.25) is 5.69 Å². The summed E-state index contributed by atoms with van der Waals surface area (Å²) in [4.78, 5) is 42.3. The smallest absolute Gasteiger partial charge is 0.444 e. The molecule has 0 unspecified atom stereocenters. The van der Waals surface area contributed by atoms with Crippen LogP contribution in [0.1, 0.15) is 47.2 Å². The summed E-state index contributed by atoms with van der Waals surface area (Å²) < 4.78 is 15.6. The Labute approximate surface area is 181 Å². The van der Waals surface area contributed by atoms with Gasteiger partial charge in [-0.25, -0.2) is 9.59 Å². The van der Waals surface area contributed by atoms with Crippen LogP contribution in [0.4, 0.5) is 21.1 Å². The van der Waals surface area contributed by atoms with Crippen LogP contribution in [0, 0.1) is 10.1 Å². The Bertz CT molecular complexity index is 822. The van der Waals surface area contributed by atoms with Gasteiger partial charge in [-0.05, 0) is 57.5 Å². The summed E-state index contributed by atoms with van der Waals surface area (Å²) in [5.41, 5.74) is -0.472. The third-order valence-electron chi connectivity index (χ3n) is 4.11. The van der Waals surface area contributed by atoms with Crippen LogP contribution < -0.4 is 4.90 Å². The van der Waals surface area contributed by atoms with E-state index in [1.54, 1.807) is 52.5 Å². The van der Waals surface area contributed by atoms with E-state index in [2.05, 4.69) is 4.98 Å². The van der Waals surface area contributed by atoms with E-state index in [1.165, 1.54) is 6.07 Å². The van der Waals surface area contributed by atoms with Crippen molar-refractivity contribution in [3.05, 3.63) is 27.9 Å². The van der Waals surface area contributed by atoms with E-state index in [0.29, 0.717) is 31.9 Å². The van der Waals surface area contributed by atoms with Gasteiger partial charge in [0.1, 0.15) is 11.2 Å². The molecule has 0 aromatic carbocycles. The first kappa shape index (κ1) is 24.2. The number of hydrogen-bond donors (Lipinski definition) is 0. The lowest BCUT2D eigenvalue weighted by Crippen LogP contribution is -2.50. The highest BCUT2D eigenvalue weighted by molar-refractivity contribution is 5.69. The van der Waals surface area contributed by atoms with E-state index in [9.17, 15) is 19.7 Å². The lowest BCUT2D eigenvalue weighted by Gasteiger charge is -2.36. The topological polar surface area (TPSA) is 124 Å². The Morgan fingerprint density at radius 2 is 1.61 bits per heavy atom. The molecule has 0 bridgehead atoms. The Balaban J connectivity index is 2.11. The summed E-state index contributed by atoms with van der Waals surface area (Å²) in [5.74, 6) is -0.348. The van der Waals surface area contributed by atoms with Gasteiger partial charge < -0.3 is 34.1 Å². The van der Waals surface area contributed by atoms with E-state index in [-0.39, 0.29) is 24.2 Å². The van der Waals surface area contributed by atoms with Gasteiger partial charge in [-0.3, -0.25) is 0 Å². The molecule has 1 saturated heterocycles. The molecular formula is C20H30N4O7. The van der Waals surface area contributed by atoms with Crippen LogP contribution in [0.2, 0.25) is 0 Å². The second kappa shape index (κ2) is 9.36. The fourth-order valence-electron chi connectivity index (χ4n) is 2.84. The summed E-state index contributed by atoms with van der Waals surface area (Å²) in [7, 11) is 0. The van der Waals surface area contributed by atoms with Crippen LogP contribution >= 0.6 is 0 Å². The zero-order valence-electron chi connectivity index (χ0n) is 18.8. The number of carbonyl (C=O) groups excluding carboxylic acids is 2. The van der Waals surface area contributed by atoms with Gasteiger partial charge in [-0.15, -0.1) is 0 Å². The minimum atomic E-state index is -0.887. The average molecular weight is 438 g/mol. The number of hydrogen-bond acceptors (Lipinski definition) is 9. The predicted octanol–water partition coefficient (Wildman–Crippen LogP) is 3.50. The highest BCUT2D eigenvalue weighted by atomic mass is 16.7. The lowest BCUT2D eigenvalue weighted by molar-refractivity contribution is -0.389.